The third kappa shape index (κ3) is 3.57. The number of aromatic nitrogens is 2. The summed E-state index contributed by atoms with van der Waals surface area (Å²) in [6.45, 7) is 5.47. The molecule has 0 spiro atoms. The van der Waals surface area contributed by atoms with Crippen LogP contribution in [0.1, 0.15) is 19.7 Å². The molecule has 1 heterocycles. The van der Waals surface area contributed by atoms with Crippen LogP contribution >= 0.6 is 0 Å². The van der Waals surface area contributed by atoms with Crippen molar-refractivity contribution in [2.45, 2.75) is 20.4 Å². The van der Waals surface area contributed by atoms with Crippen molar-refractivity contribution in [3.05, 3.63) is 35.7 Å². The number of halogens is 2. The summed E-state index contributed by atoms with van der Waals surface area (Å²) in [5.74, 6) is -0.637. The molecular formula is C13H15F2N3O. The maximum atomic E-state index is 13.1. The standard InChI is InChI=1S/C13H15F2N3O/c1-8(2)6-16-7-12-17-13(18-19-12)9-3-4-10(14)11(15)5-9/h3-5,8,16H,6-7H2,1-2H3. The van der Waals surface area contributed by atoms with Gasteiger partial charge in [0.1, 0.15) is 0 Å². The third-order valence-electron chi connectivity index (χ3n) is 2.47. The molecule has 0 amide bonds. The fraction of sp³-hybridized carbons (Fsp3) is 0.385. The lowest BCUT2D eigenvalue weighted by Crippen LogP contribution is -2.19. The summed E-state index contributed by atoms with van der Waals surface area (Å²) in [4.78, 5) is 4.12. The highest BCUT2D eigenvalue weighted by molar-refractivity contribution is 5.54. The molecule has 1 N–H and O–H groups in total. The van der Waals surface area contributed by atoms with Crippen molar-refractivity contribution >= 4 is 0 Å². The van der Waals surface area contributed by atoms with E-state index in [-0.39, 0.29) is 5.82 Å². The van der Waals surface area contributed by atoms with Gasteiger partial charge >= 0.3 is 0 Å². The fourth-order valence-corrected chi connectivity index (χ4v) is 1.55. The first-order valence-electron chi connectivity index (χ1n) is 6.05. The van der Waals surface area contributed by atoms with E-state index in [0.29, 0.717) is 23.9 Å². The molecule has 0 saturated heterocycles. The Hall–Kier alpha value is -1.82. The monoisotopic (exact) mass is 267 g/mol. The number of nitrogens with zero attached hydrogens (tertiary/aromatic N) is 2. The van der Waals surface area contributed by atoms with Crippen LogP contribution in [-0.4, -0.2) is 16.7 Å². The number of hydrogen-bond donors (Lipinski definition) is 1. The molecule has 0 aliphatic heterocycles. The second-order valence-electron chi connectivity index (χ2n) is 4.67. The van der Waals surface area contributed by atoms with Crippen LogP contribution in [0, 0.1) is 17.6 Å². The largest absolute Gasteiger partial charge is 0.338 e. The summed E-state index contributed by atoms with van der Waals surface area (Å²) < 4.78 is 30.9. The lowest BCUT2D eigenvalue weighted by Gasteiger charge is -2.03. The van der Waals surface area contributed by atoms with Gasteiger partial charge in [-0.3, -0.25) is 0 Å². The van der Waals surface area contributed by atoms with Crippen LogP contribution in [0.3, 0.4) is 0 Å². The first kappa shape index (κ1) is 13.6. The van der Waals surface area contributed by atoms with Gasteiger partial charge in [-0.05, 0) is 30.7 Å². The Bertz CT molecular complexity index is 555. The van der Waals surface area contributed by atoms with Crippen molar-refractivity contribution in [3.8, 4) is 11.4 Å². The van der Waals surface area contributed by atoms with Gasteiger partial charge in [-0.15, -0.1) is 0 Å². The minimum Gasteiger partial charge on any atom is -0.338 e. The van der Waals surface area contributed by atoms with Gasteiger partial charge in [0.2, 0.25) is 11.7 Å². The molecule has 2 rings (SSSR count). The van der Waals surface area contributed by atoms with Gasteiger partial charge in [0.25, 0.3) is 0 Å². The normalized spacial score (nSPS) is 11.2. The highest BCUT2D eigenvalue weighted by Gasteiger charge is 2.11. The van der Waals surface area contributed by atoms with E-state index in [4.69, 9.17) is 4.52 Å². The molecule has 6 heteroatoms. The Morgan fingerprint density at radius 2 is 2.05 bits per heavy atom. The number of hydrogen-bond acceptors (Lipinski definition) is 4. The van der Waals surface area contributed by atoms with Crippen molar-refractivity contribution < 1.29 is 13.3 Å². The van der Waals surface area contributed by atoms with Crippen molar-refractivity contribution in [1.82, 2.24) is 15.5 Å². The Morgan fingerprint density at radius 3 is 2.74 bits per heavy atom. The van der Waals surface area contributed by atoms with E-state index in [1.807, 2.05) is 0 Å². The molecular weight excluding hydrogens is 252 g/mol. The Kier molecular flexibility index (Phi) is 4.21. The highest BCUT2D eigenvalue weighted by Crippen LogP contribution is 2.18. The highest BCUT2D eigenvalue weighted by atomic mass is 19.2. The van der Waals surface area contributed by atoms with Crippen LogP contribution in [0.2, 0.25) is 0 Å². The lowest BCUT2D eigenvalue weighted by molar-refractivity contribution is 0.364. The first-order valence-corrected chi connectivity index (χ1v) is 6.05. The molecule has 0 atom stereocenters. The molecule has 19 heavy (non-hydrogen) atoms. The van der Waals surface area contributed by atoms with Crippen LogP contribution in [0.25, 0.3) is 11.4 Å². The Labute approximate surface area is 109 Å². The predicted molar refractivity (Wildman–Crippen MR) is 66.2 cm³/mol. The second kappa shape index (κ2) is 5.88. The maximum absolute atomic E-state index is 13.1. The van der Waals surface area contributed by atoms with E-state index in [1.54, 1.807) is 0 Å². The van der Waals surface area contributed by atoms with Crippen molar-refractivity contribution in [2.75, 3.05) is 6.54 Å². The van der Waals surface area contributed by atoms with Crippen LogP contribution in [0.4, 0.5) is 8.78 Å². The molecule has 2 aromatic rings. The summed E-state index contributed by atoms with van der Waals surface area (Å²) >= 11 is 0. The molecule has 0 aliphatic carbocycles. The van der Waals surface area contributed by atoms with E-state index < -0.39 is 11.6 Å². The Morgan fingerprint density at radius 1 is 1.26 bits per heavy atom. The van der Waals surface area contributed by atoms with Gasteiger partial charge in [-0.2, -0.15) is 4.98 Å². The van der Waals surface area contributed by atoms with Crippen LogP contribution < -0.4 is 5.32 Å². The molecule has 102 valence electrons. The molecule has 0 bridgehead atoms. The van der Waals surface area contributed by atoms with E-state index in [1.165, 1.54) is 6.07 Å². The first-order chi connectivity index (χ1) is 9.06. The number of benzene rings is 1. The van der Waals surface area contributed by atoms with Crippen molar-refractivity contribution in [3.63, 3.8) is 0 Å². The zero-order valence-corrected chi connectivity index (χ0v) is 10.8. The van der Waals surface area contributed by atoms with Gasteiger partial charge in [-0.1, -0.05) is 19.0 Å². The molecule has 1 aromatic carbocycles. The summed E-state index contributed by atoms with van der Waals surface area (Å²) in [5, 5.41) is 6.90. The fourth-order valence-electron chi connectivity index (χ4n) is 1.55. The number of nitrogens with one attached hydrogen (secondary N) is 1. The van der Waals surface area contributed by atoms with Gasteiger partial charge in [0.05, 0.1) is 6.54 Å². The lowest BCUT2D eigenvalue weighted by atomic mass is 10.2. The van der Waals surface area contributed by atoms with Gasteiger partial charge in [0.15, 0.2) is 11.6 Å². The van der Waals surface area contributed by atoms with Crippen molar-refractivity contribution in [2.24, 2.45) is 5.92 Å². The van der Waals surface area contributed by atoms with E-state index in [0.717, 1.165) is 18.7 Å². The SMILES string of the molecule is CC(C)CNCc1nc(-c2ccc(F)c(F)c2)no1. The molecule has 0 fully saturated rings. The van der Waals surface area contributed by atoms with Crippen LogP contribution in [0.15, 0.2) is 22.7 Å². The predicted octanol–water partition coefficient (Wildman–Crippen LogP) is 2.76. The van der Waals surface area contributed by atoms with E-state index in [9.17, 15) is 8.78 Å². The quantitative estimate of drug-likeness (QED) is 0.905. The van der Waals surface area contributed by atoms with E-state index in [2.05, 4.69) is 29.3 Å². The molecule has 0 saturated carbocycles. The van der Waals surface area contributed by atoms with Crippen LogP contribution in [0.5, 0.6) is 0 Å². The zero-order valence-electron chi connectivity index (χ0n) is 10.8. The average Bonchev–Trinajstić information content (AvgIpc) is 2.81. The number of rotatable bonds is 5. The molecule has 1 aromatic heterocycles. The molecule has 0 radical (unpaired) electrons. The topological polar surface area (TPSA) is 51.0 Å². The van der Waals surface area contributed by atoms with Crippen LogP contribution in [-0.2, 0) is 6.54 Å². The minimum absolute atomic E-state index is 0.250. The van der Waals surface area contributed by atoms with Gasteiger partial charge < -0.3 is 9.84 Å². The summed E-state index contributed by atoms with van der Waals surface area (Å²) in [5.41, 5.74) is 0.387. The van der Waals surface area contributed by atoms with Gasteiger partial charge in [-0.25, -0.2) is 8.78 Å². The molecule has 0 aliphatic rings. The molecule has 4 nitrogen and oxygen atoms in total. The van der Waals surface area contributed by atoms with Crippen molar-refractivity contribution in [1.29, 1.82) is 0 Å². The average molecular weight is 267 g/mol. The zero-order chi connectivity index (χ0) is 13.8. The van der Waals surface area contributed by atoms with E-state index >= 15 is 0 Å². The summed E-state index contributed by atoms with van der Waals surface area (Å²) in [6, 6.07) is 3.50. The van der Waals surface area contributed by atoms with Gasteiger partial charge in [0, 0.05) is 5.56 Å². The Balaban J connectivity index is 2.05. The summed E-state index contributed by atoms with van der Waals surface area (Å²) in [6.07, 6.45) is 0. The minimum atomic E-state index is -0.929. The molecule has 0 unspecified atom stereocenters. The third-order valence-corrected chi connectivity index (χ3v) is 2.47. The summed E-state index contributed by atoms with van der Waals surface area (Å²) in [7, 11) is 0. The second-order valence-corrected chi connectivity index (χ2v) is 4.67. The smallest absolute Gasteiger partial charge is 0.240 e. The maximum Gasteiger partial charge on any atom is 0.240 e.